The van der Waals surface area contributed by atoms with E-state index >= 15 is 0 Å². The predicted octanol–water partition coefficient (Wildman–Crippen LogP) is 2.12. The smallest absolute Gasteiger partial charge is 0.298 e. The highest BCUT2D eigenvalue weighted by Crippen LogP contribution is 2.19. The molecule has 0 aromatic heterocycles. The maximum absolute atomic E-state index is 11.8. The van der Waals surface area contributed by atoms with Crippen molar-refractivity contribution in [2.45, 2.75) is 25.8 Å². The number of hydrogen-bond acceptors (Lipinski definition) is 3. The number of carbonyl (C=O) groups is 1. The number of piperidine rings is 1. The fourth-order valence-electron chi connectivity index (χ4n) is 2.39. The van der Waals surface area contributed by atoms with Crippen LogP contribution in [-0.4, -0.2) is 37.0 Å². The first-order valence-corrected chi connectivity index (χ1v) is 6.85. The number of anilines is 1. The summed E-state index contributed by atoms with van der Waals surface area (Å²) in [6.07, 6.45) is 2.07. The molecule has 1 fully saturated rings. The molecule has 20 heavy (non-hydrogen) atoms. The average Bonchev–Trinajstić information content (AvgIpc) is 2.48. The molecule has 1 aliphatic heterocycles. The second-order valence-corrected chi connectivity index (χ2v) is 4.84. The lowest BCUT2D eigenvalue weighted by Crippen LogP contribution is -2.44. The number of carbonyl (C=O) groups excluding carboxylic acids is 1. The van der Waals surface area contributed by atoms with Crippen LogP contribution in [0.25, 0.3) is 0 Å². The van der Waals surface area contributed by atoms with E-state index in [1.165, 1.54) is 0 Å². The molecule has 1 aromatic rings. The summed E-state index contributed by atoms with van der Waals surface area (Å²) in [5.74, 6) is 6.04. The molecule has 0 radical (unpaired) electrons. The van der Waals surface area contributed by atoms with Gasteiger partial charge in [-0.05, 0) is 50.0 Å². The van der Waals surface area contributed by atoms with Crippen molar-refractivity contribution in [3.05, 3.63) is 24.3 Å². The number of nitrogens with one attached hydrogen (secondary N) is 1. The number of amides is 1. The van der Waals surface area contributed by atoms with Gasteiger partial charge in [0.1, 0.15) is 5.75 Å². The second kappa shape index (κ2) is 6.85. The summed E-state index contributed by atoms with van der Waals surface area (Å²) in [4.78, 5) is 13.6. The Hall–Kier alpha value is -2.15. The topological polar surface area (TPSA) is 41.6 Å². The molecule has 1 atom stereocenters. The lowest BCUT2D eigenvalue weighted by Gasteiger charge is -2.32. The largest absolute Gasteiger partial charge is 0.497 e. The maximum Gasteiger partial charge on any atom is 0.298 e. The zero-order valence-corrected chi connectivity index (χ0v) is 12.0. The SMILES string of the molecule is CC#CC(=O)N1CCC[C@@H](Nc2ccc(OC)cc2)C1. The van der Waals surface area contributed by atoms with Gasteiger partial charge in [0.05, 0.1) is 7.11 Å². The third-order valence-electron chi connectivity index (χ3n) is 3.40. The lowest BCUT2D eigenvalue weighted by molar-refractivity contribution is -0.126. The van der Waals surface area contributed by atoms with Crippen LogP contribution < -0.4 is 10.1 Å². The number of methoxy groups -OCH3 is 1. The van der Waals surface area contributed by atoms with Crippen LogP contribution in [-0.2, 0) is 4.79 Å². The number of rotatable bonds is 3. The van der Waals surface area contributed by atoms with Gasteiger partial charge in [-0.25, -0.2) is 0 Å². The van der Waals surface area contributed by atoms with Crippen LogP contribution in [0.4, 0.5) is 5.69 Å². The van der Waals surface area contributed by atoms with E-state index in [0.717, 1.165) is 30.8 Å². The van der Waals surface area contributed by atoms with Gasteiger partial charge in [0, 0.05) is 24.8 Å². The van der Waals surface area contributed by atoms with Gasteiger partial charge in [0.2, 0.25) is 0 Å². The molecule has 1 N–H and O–H groups in total. The number of benzene rings is 1. The summed E-state index contributed by atoms with van der Waals surface area (Å²) in [6.45, 7) is 3.20. The molecule has 4 nitrogen and oxygen atoms in total. The summed E-state index contributed by atoms with van der Waals surface area (Å²) >= 11 is 0. The van der Waals surface area contributed by atoms with E-state index in [2.05, 4.69) is 17.2 Å². The quantitative estimate of drug-likeness (QED) is 0.857. The average molecular weight is 272 g/mol. The van der Waals surface area contributed by atoms with Crippen LogP contribution in [0, 0.1) is 11.8 Å². The number of ether oxygens (including phenoxy) is 1. The molecule has 2 rings (SSSR count). The Morgan fingerprint density at radius 2 is 2.15 bits per heavy atom. The monoisotopic (exact) mass is 272 g/mol. The Balaban J connectivity index is 1.94. The minimum atomic E-state index is -0.0752. The molecule has 0 bridgehead atoms. The summed E-state index contributed by atoms with van der Waals surface area (Å²) in [7, 11) is 1.65. The highest BCUT2D eigenvalue weighted by Gasteiger charge is 2.22. The molecule has 1 aliphatic rings. The number of likely N-dealkylation sites (tertiary alicyclic amines) is 1. The fraction of sp³-hybridized carbons (Fsp3) is 0.438. The Kier molecular flexibility index (Phi) is 4.89. The first kappa shape index (κ1) is 14.3. The Labute approximate surface area is 120 Å². The third-order valence-corrected chi connectivity index (χ3v) is 3.40. The van der Waals surface area contributed by atoms with E-state index in [1.807, 2.05) is 29.2 Å². The Bertz CT molecular complexity index is 514. The van der Waals surface area contributed by atoms with Crippen LogP contribution in [0.15, 0.2) is 24.3 Å². The minimum absolute atomic E-state index is 0.0752. The van der Waals surface area contributed by atoms with Crippen LogP contribution in [0.5, 0.6) is 5.75 Å². The first-order chi connectivity index (χ1) is 9.72. The fourth-order valence-corrected chi connectivity index (χ4v) is 2.39. The maximum atomic E-state index is 11.8. The Morgan fingerprint density at radius 3 is 2.80 bits per heavy atom. The van der Waals surface area contributed by atoms with E-state index in [0.29, 0.717) is 6.54 Å². The van der Waals surface area contributed by atoms with Gasteiger partial charge in [0.25, 0.3) is 5.91 Å². The molecule has 4 heteroatoms. The van der Waals surface area contributed by atoms with E-state index < -0.39 is 0 Å². The molecule has 1 heterocycles. The molecule has 1 amide bonds. The summed E-state index contributed by atoms with van der Waals surface area (Å²) < 4.78 is 5.14. The second-order valence-electron chi connectivity index (χ2n) is 4.84. The summed E-state index contributed by atoms with van der Waals surface area (Å²) in [6, 6.07) is 8.12. The van der Waals surface area contributed by atoms with E-state index in [4.69, 9.17) is 4.74 Å². The molecule has 0 aliphatic carbocycles. The van der Waals surface area contributed by atoms with Crippen LogP contribution in [0.3, 0.4) is 0 Å². The Morgan fingerprint density at radius 1 is 1.40 bits per heavy atom. The molecular formula is C16H20N2O2. The molecule has 0 spiro atoms. The molecule has 1 aromatic carbocycles. The molecule has 0 saturated carbocycles. The summed E-state index contributed by atoms with van der Waals surface area (Å²) in [5.41, 5.74) is 1.05. The van der Waals surface area contributed by atoms with Gasteiger partial charge in [0.15, 0.2) is 0 Å². The van der Waals surface area contributed by atoms with Crippen molar-refractivity contribution in [2.24, 2.45) is 0 Å². The summed E-state index contributed by atoms with van der Waals surface area (Å²) in [5, 5.41) is 3.46. The first-order valence-electron chi connectivity index (χ1n) is 6.85. The van der Waals surface area contributed by atoms with E-state index in [9.17, 15) is 4.79 Å². The van der Waals surface area contributed by atoms with Crippen molar-refractivity contribution in [1.82, 2.24) is 4.90 Å². The molecule has 0 unspecified atom stereocenters. The van der Waals surface area contributed by atoms with Gasteiger partial charge in [-0.15, -0.1) is 0 Å². The molecule has 106 valence electrons. The highest BCUT2D eigenvalue weighted by atomic mass is 16.5. The third kappa shape index (κ3) is 3.67. The standard InChI is InChI=1S/C16H20N2O2/c1-3-5-16(19)18-11-4-6-14(12-18)17-13-7-9-15(20-2)10-8-13/h7-10,14,17H,4,6,11-12H2,1-2H3/t14-/m1/s1. The number of nitrogens with zero attached hydrogens (tertiary/aromatic N) is 1. The van der Waals surface area contributed by atoms with Gasteiger partial charge >= 0.3 is 0 Å². The minimum Gasteiger partial charge on any atom is -0.497 e. The van der Waals surface area contributed by atoms with Crippen molar-refractivity contribution in [3.8, 4) is 17.6 Å². The normalized spacial score (nSPS) is 17.9. The van der Waals surface area contributed by atoms with Crippen molar-refractivity contribution in [2.75, 3.05) is 25.5 Å². The van der Waals surface area contributed by atoms with E-state index in [-0.39, 0.29) is 11.9 Å². The number of hydrogen-bond donors (Lipinski definition) is 1. The van der Waals surface area contributed by atoms with Crippen LogP contribution >= 0.6 is 0 Å². The van der Waals surface area contributed by atoms with Gasteiger partial charge in [-0.3, -0.25) is 4.79 Å². The van der Waals surface area contributed by atoms with E-state index in [1.54, 1.807) is 14.0 Å². The van der Waals surface area contributed by atoms with Crippen molar-refractivity contribution in [3.63, 3.8) is 0 Å². The highest BCUT2D eigenvalue weighted by molar-refractivity contribution is 5.93. The molecule has 1 saturated heterocycles. The van der Waals surface area contributed by atoms with Gasteiger partial charge in [-0.1, -0.05) is 5.92 Å². The van der Waals surface area contributed by atoms with Gasteiger partial charge < -0.3 is 15.0 Å². The van der Waals surface area contributed by atoms with Crippen molar-refractivity contribution in [1.29, 1.82) is 0 Å². The zero-order valence-electron chi connectivity index (χ0n) is 12.0. The van der Waals surface area contributed by atoms with Gasteiger partial charge in [-0.2, -0.15) is 0 Å². The van der Waals surface area contributed by atoms with Crippen LogP contribution in [0.2, 0.25) is 0 Å². The van der Waals surface area contributed by atoms with Crippen molar-refractivity contribution >= 4 is 11.6 Å². The predicted molar refractivity (Wildman–Crippen MR) is 79.7 cm³/mol. The van der Waals surface area contributed by atoms with Crippen molar-refractivity contribution < 1.29 is 9.53 Å². The van der Waals surface area contributed by atoms with Crippen LogP contribution in [0.1, 0.15) is 19.8 Å². The molecular weight excluding hydrogens is 252 g/mol. The zero-order chi connectivity index (χ0) is 14.4. The lowest BCUT2D eigenvalue weighted by atomic mass is 10.1.